The van der Waals surface area contributed by atoms with E-state index in [2.05, 4.69) is 27.8 Å². The molecule has 0 saturated carbocycles. The van der Waals surface area contributed by atoms with E-state index < -0.39 is 12.0 Å². The van der Waals surface area contributed by atoms with Crippen molar-refractivity contribution in [3.05, 3.63) is 34.8 Å². The molecule has 0 saturated heterocycles. The van der Waals surface area contributed by atoms with Gasteiger partial charge in [0.05, 0.1) is 11.1 Å². The number of hydrogen-bond acceptors (Lipinski definition) is 4. The van der Waals surface area contributed by atoms with Gasteiger partial charge in [-0.1, -0.05) is 12.7 Å². The van der Waals surface area contributed by atoms with E-state index >= 15 is 0 Å². The minimum Gasteiger partial charge on any atom is -0.490 e. The first-order chi connectivity index (χ1) is 9.99. The van der Waals surface area contributed by atoms with Crippen molar-refractivity contribution >= 4 is 21.9 Å². The Morgan fingerprint density at radius 1 is 1.52 bits per heavy atom. The highest BCUT2D eigenvalue weighted by Crippen LogP contribution is 2.37. The summed E-state index contributed by atoms with van der Waals surface area (Å²) in [5.41, 5.74) is 0.907. The Morgan fingerprint density at radius 3 is 2.81 bits per heavy atom. The Hall–Kier alpha value is -1.53. The highest BCUT2D eigenvalue weighted by atomic mass is 79.9. The molecule has 1 aromatic rings. The van der Waals surface area contributed by atoms with E-state index in [9.17, 15) is 4.79 Å². The second-order valence-corrected chi connectivity index (χ2v) is 5.23. The van der Waals surface area contributed by atoms with Crippen molar-refractivity contribution in [2.24, 2.45) is 0 Å². The van der Waals surface area contributed by atoms with E-state index in [4.69, 9.17) is 14.6 Å². The summed E-state index contributed by atoms with van der Waals surface area (Å²) in [5, 5.41) is 11.8. The normalized spacial score (nSPS) is 11.8. The number of nitrogens with one attached hydrogen (secondary N) is 1. The molecule has 1 unspecified atom stereocenters. The zero-order valence-electron chi connectivity index (χ0n) is 12.2. The summed E-state index contributed by atoms with van der Waals surface area (Å²) < 4.78 is 11.9. The van der Waals surface area contributed by atoms with Crippen LogP contribution in [0.15, 0.2) is 29.3 Å². The Balaban J connectivity index is 2.91. The monoisotopic (exact) mass is 357 g/mol. The molecule has 6 heteroatoms. The van der Waals surface area contributed by atoms with E-state index in [1.54, 1.807) is 13.0 Å². The summed E-state index contributed by atoms with van der Waals surface area (Å²) in [7, 11) is 0. The molecule has 1 rings (SSSR count). The quantitative estimate of drug-likeness (QED) is 0.665. The molecule has 0 bridgehead atoms. The van der Waals surface area contributed by atoms with Crippen molar-refractivity contribution in [1.82, 2.24) is 5.32 Å². The van der Waals surface area contributed by atoms with E-state index in [0.717, 1.165) is 10.0 Å². The van der Waals surface area contributed by atoms with Crippen molar-refractivity contribution in [2.45, 2.75) is 26.4 Å². The molecule has 0 radical (unpaired) electrons. The molecule has 0 aromatic heterocycles. The largest absolute Gasteiger partial charge is 0.490 e. The lowest BCUT2D eigenvalue weighted by atomic mass is 10.2. The van der Waals surface area contributed by atoms with Crippen LogP contribution < -0.4 is 14.8 Å². The molecule has 0 fully saturated rings. The third kappa shape index (κ3) is 5.40. The number of carbonyl (C=O) groups is 1. The molecular weight excluding hydrogens is 338 g/mol. The number of carboxylic acid groups (broad SMARTS) is 1. The summed E-state index contributed by atoms with van der Waals surface area (Å²) in [4.78, 5) is 10.8. The summed E-state index contributed by atoms with van der Waals surface area (Å²) in [6.07, 6.45) is 1.66. The lowest BCUT2D eigenvalue weighted by Crippen LogP contribution is -2.33. The van der Waals surface area contributed by atoms with Crippen LogP contribution >= 0.6 is 15.9 Å². The van der Waals surface area contributed by atoms with Crippen LogP contribution in [0.2, 0.25) is 0 Å². The van der Waals surface area contributed by atoms with Crippen LogP contribution in [-0.2, 0) is 11.3 Å². The van der Waals surface area contributed by atoms with Crippen LogP contribution in [-0.4, -0.2) is 30.3 Å². The smallest absolute Gasteiger partial charge is 0.320 e. The first-order valence-corrected chi connectivity index (χ1v) is 7.44. The molecule has 0 heterocycles. The second-order valence-electron chi connectivity index (χ2n) is 4.38. The van der Waals surface area contributed by atoms with Crippen LogP contribution in [0.5, 0.6) is 11.5 Å². The minimum absolute atomic E-state index is 0.381. The lowest BCUT2D eigenvalue weighted by molar-refractivity contribution is -0.139. The van der Waals surface area contributed by atoms with Gasteiger partial charge in [-0.05, 0) is 47.5 Å². The van der Waals surface area contributed by atoms with Gasteiger partial charge in [0.25, 0.3) is 0 Å². The predicted molar refractivity (Wildman–Crippen MR) is 84.9 cm³/mol. The van der Waals surface area contributed by atoms with Crippen LogP contribution in [0.1, 0.15) is 19.4 Å². The maximum atomic E-state index is 10.8. The standard InChI is InChI=1S/C15H20BrNO4/c1-4-6-21-14-12(16)7-11(8-13(14)20-5-2)9-17-10(3)15(18)19/h4,7-8,10,17H,1,5-6,9H2,2-3H3,(H,18,19). The molecule has 1 atom stereocenters. The van der Waals surface area contributed by atoms with Gasteiger partial charge in [-0.2, -0.15) is 0 Å². The van der Waals surface area contributed by atoms with Gasteiger partial charge in [0.1, 0.15) is 12.6 Å². The SMILES string of the molecule is C=CCOc1c(Br)cc(CNC(C)C(=O)O)cc1OCC. The lowest BCUT2D eigenvalue weighted by Gasteiger charge is -2.15. The maximum Gasteiger partial charge on any atom is 0.320 e. The van der Waals surface area contributed by atoms with Gasteiger partial charge < -0.3 is 19.9 Å². The molecule has 0 spiro atoms. The number of hydrogen-bond donors (Lipinski definition) is 2. The van der Waals surface area contributed by atoms with Crippen LogP contribution in [0.3, 0.4) is 0 Å². The van der Waals surface area contributed by atoms with Crippen molar-refractivity contribution in [3.63, 3.8) is 0 Å². The van der Waals surface area contributed by atoms with Crippen molar-refractivity contribution in [1.29, 1.82) is 0 Å². The van der Waals surface area contributed by atoms with E-state index in [1.807, 2.05) is 19.1 Å². The average Bonchev–Trinajstić information content (AvgIpc) is 2.44. The maximum absolute atomic E-state index is 10.8. The molecule has 0 amide bonds. The molecule has 0 aliphatic carbocycles. The van der Waals surface area contributed by atoms with Gasteiger partial charge in [-0.15, -0.1) is 0 Å². The summed E-state index contributed by atoms with van der Waals surface area (Å²) in [5.74, 6) is 0.352. The number of ether oxygens (including phenoxy) is 2. The van der Waals surface area contributed by atoms with Gasteiger partial charge in [0.2, 0.25) is 0 Å². The second kappa shape index (κ2) is 8.69. The fourth-order valence-corrected chi connectivity index (χ4v) is 2.23. The topological polar surface area (TPSA) is 67.8 Å². The molecule has 1 aromatic carbocycles. The highest BCUT2D eigenvalue weighted by Gasteiger charge is 2.14. The molecule has 2 N–H and O–H groups in total. The van der Waals surface area contributed by atoms with E-state index in [-0.39, 0.29) is 0 Å². The number of rotatable bonds is 9. The molecular formula is C15H20BrNO4. The molecule has 0 aliphatic rings. The van der Waals surface area contributed by atoms with Gasteiger partial charge in [0.15, 0.2) is 11.5 Å². The third-order valence-electron chi connectivity index (χ3n) is 2.70. The van der Waals surface area contributed by atoms with Crippen LogP contribution in [0, 0.1) is 0 Å². The number of benzene rings is 1. The van der Waals surface area contributed by atoms with Gasteiger partial charge in [0, 0.05) is 6.54 Å². The number of carboxylic acids is 1. The third-order valence-corrected chi connectivity index (χ3v) is 3.29. The number of halogens is 1. The zero-order chi connectivity index (χ0) is 15.8. The Morgan fingerprint density at radius 2 is 2.24 bits per heavy atom. The van der Waals surface area contributed by atoms with Crippen molar-refractivity contribution in [2.75, 3.05) is 13.2 Å². The minimum atomic E-state index is -0.884. The first-order valence-electron chi connectivity index (χ1n) is 6.64. The van der Waals surface area contributed by atoms with Crippen LogP contribution in [0.25, 0.3) is 0 Å². The van der Waals surface area contributed by atoms with Gasteiger partial charge >= 0.3 is 5.97 Å². The van der Waals surface area contributed by atoms with Crippen molar-refractivity contribution < 1.29 is 19.4 Å². The van der Waals surface area contributed by atoms with E-state index in [0.29, 0.717) is 31.3 Å². The fourth-order valence-electron chi connectivity index (χ4n) is 1.63. The zero-order valence-corrected chi connectivity index (χ0v) is 13.8. The first kappa shape index (κ1) is 17.5. The Labute approximate surface area is 133 Å². The summed E-state index contributed by atoms with van der Waals surface area (Å²) >= 11 is 3.45. The Bertz CT molecular complexity index is 505. The van der Waals surface area contributed by atoms with E-state index in [1.165, 1.54) is 0 Å². The number of aliphatic carboxylic acids is 1. The van der Waals surface area contributed by atoms with Gasteiger partial charge in [-0.25, -0.2) is 0 Å². The molecule has 116 valence electrons. The molecule has 21 heavy (non-hydrogen) atoms. The Kier molecular flexibility index (Phi) is 7.25. The van der Waals surface area contributed by atoms with Crippen molar-refractivity contribution in [3.8, 4) is 11.5 Å². The van der Waals surface area contributed by atoms with Gasteiger partial charge in [-0.3, -0.25) is 4.79 Å². The summed E-state index contributed by atoms with van der Waals surface area (Å²) in [6.45, 7) is 8.43. The molecule has 0 aliphatic heterocycles. The fraction of sp³-hybridized carbons (Fsp3) is 0.400. The highest BCUT2D eigenvalue weighted by molar-refractivity contribution is 9.10. The summed E-state index contributed by atoms with van der Waals surface area (Å²) in [6, 6.07) is 3.10. The van der Waals surface area contributed by atoms with Crippen LogP contribution in [0.4, 0.5) is 0 Å². The average molecular weight is 358 g/mol. The molecule has 5 nitrogen and oxygen atoms in total. The predicted octanol–water partition coefficient (Wildman–Crippen LogP) is 2.98.